The maximum atomic E-state index is 6.27. The van der Waals surface area contributed by atoms with Gasteiger partial charge in [0.2, 0.25) is 0 Å². The molecular weight excluding hydrogens is 327 g/mol. The van der Waals surface area contributed by atoms with Crippen molar-refractivity contribution in [2.45, 2.75) is 13.3 Å². The second kappa shape index (κ2) is 5.88. The molecule has 5 heteroatoms. The van der Waals surface area contributed by atoms with E-state index >= 15 is 0 Å². The zero-order valence-corrected chi connectivity index (χ0v) is 13.7. The molecule has 0 saturated carbocycles. The van der Waals surface area contributed by atoms with Crippen molar-refractivity contribution in [2.24, 2.45) is 0 Å². The standard InChI is InChI=1S/C16H13Cl3N2/c1-10-11(18)4-2-6-13(10)21-14-7-3-5-12(19)16(14)20-15(21)8-9-17/h2-7H,8-9H2,1H3. The fourth-order valence-corrected chi connectivity index (χ4v) is 3.02. The normalized spacial score (nSPS) is 11.2. The highest BCUT2D eigenvalue weighted by molar-refractivity contribution is 6.35. The van der Waals surface area contributed by atoms with E-state index in [0.717, 1.165) is 33.1 Å². The monoisotopic (exact) mass is 338 g/mol. The number of hydrogen-bond donors (Lipinski definition) is 0. The molecule has 0 bridgehead atoms. The van der Waals surface area contributed by atoms with Gasteiger partial charge in [0.05, 0.1) is 16.2 Å². The summed E-state index contributed by atoms with van der Waals surface area (Å²) in [4.78, 5) is 4.65. The van der Waals surface area contributed by atoms with E-state index in [1.807, 2.05) is 43.3 Å². The Morgan fingerprint density at radius 2 is 1.76 bits per heavy atom. The maximum Gasteiger partial charge on any atom is 0.115 e. The Morgan fingerprint density at radius 3 is 2.52 bits per heavy atom. The minimum atomic E-state index is 0.501. The van der Waals surface area contributed by atoms with Gasteiger partial charge in [0, 0.05) is 17.3 Å². The van der Waals surface area contributed by atoms with E-state index in [-0.39, 0.29) is 0 Å². The Kier molecular flexibility index (Phi) is 4.12. The van der Waals surface area contributed by atoms with Crippen molar-refractivity contribution in [2.75, 3.05) is 5.88 Å². The highest BCUT2D eigenvalue weighted by Gasteiger charge is 2.16. The summed E-state index contributed by atoms with van der Waals surface area (Å²) in [7, 11) is 0. The van der Waals surface area contributed by atoms with Crippen LogP contribution >= 0.6 is 34.8 Å². The summed E-state index contributed by atoms with van der Waals surface area (Å²) in [6, 6.07) is 11.6. The number of aryl methyl sites for hydroxylation is 1. The number of imidazole rings is 1. The van der Waals surface area contributed by atoms with Crippen LogP contribution in [-0.2, 0) is 6.42 Å². The van der Waals surface area contributed by atoms with Crippen LogP contribution in [0.2, 0.25) is 10.0 Å². The first-order valence-electron chi connectivity index (χ1n) is 6.60. The third-order valence-electron chi connectivity index (χ3n) is 3.50. The second-order valence-electron chi connectivity index (χ2n) is 4.79. The van der Waals surface area contributed by atoms with Crippen LogP contribution in [-0.4, -0.2) is 15.4 Å². The van der Waals surface area contributed by atoms with Crippen molar-refractivity contribution in [1.82, 2.24) is 9.55 Å². The summed E-state index contributed by atoms with van der Waals surface area (Å²) in [5, 5.41) is 1.37. The van der Waals surface area contributed by atoms with Gasteiger partial charge in [-0.25, -0.2) is 4.98 Å². The zero-order chi connectivity index (χ0) is 15.0. The zero-order valence-electron chi connectivity index (χ0n) is 11.4. The van der Waals surface area contributed by atoms with E-state index in [1.165, 1.54) is 0 Å². The van der Waals surface area contributed by atoms with Crippen LogP contribution in [0.5, 0.6) is 0 Å². The van der Waals surface area contributed by atoms with Crippen LogP contribution in [0, 0.1) is 6.92 Å². The van der Waals surface area contributed by atoms with Crippen LogP contribution in [0.3, 0.4) is 0 Å². The molecule has 1 aromatic heterocycles. The van der Waals surface area contributed by atoms with Gasteiger partial charge in [-0.1, -0.05) is 35.3 Å². The van der Waals surface area contributed by atoms with Gasteiger partial charge in [-0.15, -0.1) is 11.6 Å². The van der Waals surface area contributed by atoms with Crippen molar-refractivity contribution in [3.8, 4) is 5.69 Å². The molecule has 0 fully saturated rings. The molecule has 0 aliphatic heterocycles. The van der Waals surface area contributed by atoms with Crippen LogP contribution in [0.4, 0.5) is 0 Å². The third kappa shape index (κ3) is 2.52. The highest BCUT2D eigenvalue weighted by Crippen LogP contribution is 2.30. The van der Waals surface area contributed by atoms with E-state index in [9.17, 15) is 0 Å². The summed E-state index contributed by atoms with van der Waals surface area (Å²) in [6.07, 6.45) is 0.665. The second-order valence-corrected chi connectivity index (χ2v) is 5.99. The first-order valence-corrected chi connectivity index (χ1v) is 7.90. The van der Waals surface area contributed by atoms with E-state index in [1.54, 1.807) is 0 Å². The average molecular weight is 340 g/mol. The van der Waals surface area contributed by atoms with Crippen molar-refractivity contribution in [3.05, 3.63) is 57.8 Å². The molecule has 0 aliphatic carbocycles. The fourth-order valence-electron chi connectivity index (χ4n) is 2.47. The van der Waals surface area contributed by atoms with Gasteiger partial charge in [0.1, 0.15) is 11.3 Å². The molecule has 108 valence electrons. The van der Waals surface area contributed by atoms with E-state index in [4.69, 9.17) is 34.8 Å². The summed E-state index contributed by atoms with van der Waals surface area (Å²) < 4.78 is 2.09. The Bertz CT molecular complexity index is 809. The predicted molar refractivity (Wildman–Crippen MR) is 90.3 cm³/mol. The van der Waals surface area contributed by atoms with Crippen molar-refractivity contribution in [1.29, 1.82) is 0 Å². The van der Waals surface area contributed by atoms with Gasteiger partial charge in [0.25, 0.3) is 0 Å². The number of para-hydroxylation sites is 1. The number of rotatable bonds is 3. The smallest absolute Gasteiger partial charge is 0.115 e. The lowest BCUT2D eigenvalue weighted by Gasteiger charge is -2.12. The highest BCUT2D eigenvalue weighted by atomic mass is 35.5. The molecule has 3 aromatic rings. The van der Waals surface area contributed by atoms with Crippen LogP contribution < -0.4 is 0 Å². The van der Waals surface area contributed by atoms with Gasteiger partial charge in [-0.05, 0) is 36.8 Å². The summed E-state index contributed by atoms with van der Waals surface area (Å²) >= 11 is 18.4. The molecule has 2 nitrogen and oxygen atoms in total. The predicted octanol–water partition coefficient (Wildman–Crippen LogP) is 5.42. The number of benzene rings is 2. The van der Waals surface area contributed by atoms with Gasteiger partial charge in [-0.2, -0.15) is 0 Å². The molecule has 0 radical (unpaired) electrons. The van der Waals surface area contributed by atoms with Gasteiger partial charge in [-0.3, -0.25) is 4.57 Å². The topological polar surface area (TPSA) is 17.8 Å². The van der Waals surface area contributed by atoms with Gasteiger partial charge in [0.15, 0.2) is 0 Å². The lowest BCUT2D eigenvalue weighted by molar-refractivity contribution is 0.907. The Morgan fingerprint density at radius 1 is 1.05 bits per heavy atom. The molecular formula is C16H13Cl3N2. The number of hydrogen-bond acceptors (Lipinski definition) is 1. The maximum absolute atomic E-state index is 6.27. The van der Waals surface area contributed by atoms with Gasteiger partial charge >= 0.3 is 0 Å². The minimum absolute atomic E-state index is 0.501. The number of alkyl halides is 1. The molecule has 0 N–H and O–H groups in total. The van der Waals surface area contributed by atoms with Crippen molar-refractivity contribution >= 4 is 45.8 Å². The molecule has 21 heavy (non-hydrogen) atoms. The van der Waals surface area contributed by atoms with Crippen LogP contribution in [0.15, 0.2) is 36.4 Å². The fraction of sp³-hybridized carbons (Fsp3) is 0.188. The number of aromatic nitrogens is 2. The Labute approximate surface area is 138 Å². The van der Waals surface area contributed by atoms with E-state index in [0.29, 0.717) is 17.3 Å². The Balaban J connectivity index is 2.37. The quantitative estimate of drug-likeness (QED) is 0.582. The summed E-state index contributed by atoms with van der Waals surface area (Å²) in [5.74, 6) is 1.39. The molecule has 0 saturated heterocycles. The van der Waals surface area contributed by atoms with E-state index in [2.05, 4.69) is 9.55 Å². The molecule has 2 aromatic carbocycles. The SMILES string of the molecule is Cc1c(Cl)cccc1-n1c(CCCl)nc2c(Cl)cccc21. The molecule has 0 spiro atoms. The Hall–Kier alpha value is -1.22. The molecule has 0 aliphatic rings. The van der Waals surface area contributed by atoms with Gasteiger partial charge < -0.3 is 0 Å². The first-order chi connectivity index (χ1) is 10.1. The largest absolute Gasteiger partial charge is 0.296 e. The molecule has 3 rings (SSSR count). The summed E-state index contributed by atoms with van der Waals surface area (Å²) in [5.41, 5.74) is 3.77. The van der Waals surface area contributed by atoms with Crippen molar-refractivity contribution < 1.29 is 0 Å². The molecule has 0 unspecified atom stereocenters. The third-order valence-corrected chi connectivity index (χ3v) is 4.41. The number of halogens is 3. The lowest BCUT2D eigenvalue weighted by atomic mass is 10.2. The summed E-state index contributed by atoms with van der Waals surface area (Å²) in [6.45, 7) is 2.00. The molecule has 0 atom stereocenters. The number of nitrogens with zero attached hydrogens (tertiary/aromatic N) is 2. The number of fused-ring (bicyclic) bond motifs is 1. The molecule has 1 heterocycles. The minimum Gasteiger partial charge on any atom is -0.296 e. The van der Waals surface area contributed by atoms with Crippen molar-refractivity contribution in [3.63, 3.8) is 0 Å². The van der Waals surface area contributed by atoms with E-state index < -0.39 is 0 Å². The average Bonchev–Trinajstić information content (AvgIpc) is 2.82. The first kappa shape index (κ1) is 14.7. The lowest BCUT2D eigenvalue weighted by Crippen LogP contribution is -2.04. The molecule has 0 amide bonds. The van der Waals surface area contributed by atoms with Crippen LogP contribution in [0.1, 0.15) is 11.4 Å². The van der Waals surface area contributed by atoms with Crippen LogP contribution in [0.25, 0.3) is 16.7 Å².